The third-order valence-electron chi connectivity index (χ3n) is 4.60. The molecule has 0 radical (unpaired) electrons. The van der Waals surface area contributed by atoms with E-state index in [0.29, 0.717) is 26.2 Å². The topological polar surface area (TPSA) is 59.4 Å². The molecule has 6 heteroatoms. The molecule has 6 nitrogen and oxygen atoms in total. The molecule has 3 rings (SSSR count). The smallest absolute Gasteiger partial charge is 0.317 e. The normalized spacial score (nSPS) is 17.8. The highest BCUT2D eigenvalue weighted by molar-refractivity contribution is 5.74. The number of hydrogen-bond acceptors (Lipinski definition) is 3. The maximum Gasteiger partial charge on any atom is 0.317 e. The van der Waals surface area contributed by atoms with Gasteiger partial charge in [0.1, 0.15) is 6.10 Å². The van der Waals surface area contributed by atoms with Gasteiger partial charge in [-0.15, -0.1) is 0 Å². The predicted octanol–water partition coefficient (Wildman–Crippen LogP) is 2.32. The van der Waals surface area contributed by atoms with Crippen LogP contribution in [0.25, 0.3) is 0 Å². The predicted molar refractivity (Wildman–Crippen MR) is 91.6 cm³/mol. The molecule has 128 valence electrons. The minimum absolute atomic E-state index is 0.0538. The Morgan fingerprint density at radius 3 is 2.75 bits per heavy atom. The quantitative estimate of drug-likeness (QED) is 0.941. The van der Waals surface area contributed by atoms with Crippen LogP contribution in [0.1, 0.15) is 28.6 Å². The van der Waals surface area contributed by atoms with Crippen LogP contribution >= 0.6 is 0 Å². The van der Waals surface area contributed by atoms with Crippen LogP contribution < -0.4 is 5.32 Å². The first-order valence-electron chi connectivity index (χ1n) is 8.24. The average Bonchev–Trinajstić information content (AvgIpc) is 2.86. The maximum atomic E-state index is 12.5. The van der Waals surface area contributed by atoms with Crippen molar-refractivity contribution in [3.05, 3.63) is 52.8 Å². The summed E-state index contributed by atoms with van der Waals surface area (Å²) >= 11 is 0. The summed E-state index contributed by atoms with van der Waals surface area (Å²) in [7, 11) is 1.92. The van der Waals surface area contributed by atoms with Crippen LogP contribution in [0.4, 0.5) is 4.79 Å². The van der Waals surface area contributed by atoms with E-state index in [1.165, 1.54) is 0 Å². The van der Waals surface area contributed by atoms with E-state index < -0.39 is 0 Å². The van der Waals surface area contributed by atoms with Crippen molar-refractivity contribution in [3.8, 4) is 0 Å². The average molecular weight is 328 g/mol. The Morgan fingerprint density at radius 2 is 2.08 bits per heavy atom. The Kier molecular flexibility index (Phi) is 4.85. The number of nitrogens with zero attached hydrogens (tertiary/aromatic N) is 3. The first-order valence-corrected chi connectivity index (χ1v) is 8.24. The van der Waals surface area contributed by atoms with E-state index in [1.54, 1.807) is 0 Å². The summed E-state index contributed by atoms with van der Waals surface area (Å²) < 4.78 is 7.66. The second kappa shape index (κ2) is 7.05. The molecule has 0 saturated carbocycles. The molecular weight excluding hydrogens is 304 g/mol. The summed E-state index contributed by atoms with van der Waals surface area (Å²) in [5.41, 5.74) is 4.23. The Balaban J connectivity index is 1.60. The highest BCUT2D eigenvalue weighted by Gasteiger charge is 2.25. The van der Waals surface area contributed by atoms with E-state index in [2.05, 4.69) is 10.4 Å². The molecule has 2 aromatic rings. The monoisotopic (exact) mass is 328 g/mol. The Hall–Kier alpha value is -2.34. The Bertz CT molecular complexity index is 711. The van der Waals surface area contributed by atoms with Crippen LogP contribution in [0.5, 0.6) is 0 Å². The first-order chi connectivity index (χ1) is 11.6. The van der Waals surface area contributed by atoms with Gasteiger partial charge in [0.25, 0.3) is 0 Å². The summed E-state index contributed by atoms with van der Waals surface area (Å²) in [6.45, 7) is 6.22. The number of nitrogens with one attached hydrogen (secondary N) is 1. The molecule has 1 unspecified atom stereocenters. The highest BCUT2D eigenvalue weighted by Crippen LogP contribution is 2.22. The van der Waals surface area contributed by atoms with Gasteiger partial charge < -0.3 is 15.0 Å². The van der Waals surface area contributed by atoms with Gasteiger partial charge in [0.2, 0.25) is 0 Å². The van der Waals surface area contributed by atoms with E-state index in [0.717, 1.165) is 22.5 Å². The highest BCUT2D eigenvalue weighted by atomic mass is 16.5. The lowest BCUT2D eigenvalue weighted by Crippen LogP contribution is -2.47. The lowest BCUT2D eigenvalue weighted by Gasteiger charge is -2.33. The third-order valence-corrected chi connectivity index (χ3v) is 4.60. The van der Waals surface area contributed by atoms with Crippen LogP contribution in [0.3, 0.4) is 0 Å². The molecule has 1 aromatic heterocycles. The second-order valence-electron chi connectivity index (χ2n) is 6.15. The van der Waals surface area contributed by atoms with Gasteiger partial charge in [-0.05, 0) is 19.4 Å². The summed E-state index contributed by atoms with van der Waals surface area (Å²) in [6, 6.07) is 9.98. The Morgan fingerprint density at radius 1 is 1.33 bits per heavy atom. The molecular formula is C18H24N4O2. The van der Waals surface area contributed by atoms with Crippen molar-refractivity contribution in [3.63, 3.8) is 0 Å². The fraction of sp³-hybridized carbons (Fsp3) is 0.444. The third kappa shape index (κ3) is 3.43. The molecule has 1 aliphatic rings. The molecule has 1 fully saturated rings. The minimum atomic E-state index is -0.0624. The number of amides is 2. The van der Waals surface area contributed by atoms with Gasteiger partial charge in [-0.1, -0.05) is 30.3 Å². The zero-order chi connectivity index (χ0) is 17.1. The molecule has 0 spiro atoms. The number of ether oxygens (including phenoxy) is 1. The lowest BCUT2D eigenvalue weighted by molar-refractivity contribution is -0.0154. The van der Waals surface area contributed by atoms with Crippen LogP contribution in [0.15, 0.2) is 30.3 Å². The number of aromatic nitrogens is 2. The van der Waals surface area contributed by atoms with E-state index >= 15 is 0 Å². The second-order valence-corrected chi connectivity index (χ2v) is 6.15. The number of rotatable bonds is 3. The van der Waals surface area contributed by atoms with Crippen molar-refractivity contribution >= 4 is 6.03 Å². The number of carbonyl (C=O) groups excluding carboxylic acids is 1. The standard InChI is InChI=1S/C18H24N4O2/c1-13-16(14(2)21(3)20-13)11-19-18(23)22-9-10-24-17(12-22)15-7-5-4-6-8-15/h4-8,17H,9-12H2,1-3H3,(H,19,23). The SMILES string of the molecule is Cc1nn(C)c(C)c1CNC(=O)N1CCOC(c2ccccc2)C1. The van der Waals surface area contributed by atoms with Crippen molar-refractivity contribution in [2.24, 2.45) is 7.05 Å². The lowest BCUT2D eigenvalue weighted by atomic mass is 10.1. The first kappa shape index (κ1) is 16.5. The van der Waals surface area contributed by atoms with E-state index in [1.807, 2.05) is 60.8 Å². The van der Waals surface area contributed by atoms with Gasteiger partial charge >= 0.3 is 6.03 Å². The largest absolute Gasteiger partial charge is 0.370 e. The van der Waals surface area contributed by atoms with Crippen molar-refractivity contribution in [1.82, 2.24) is 20.0 Å². The molecule has 1 saturated heterocycles. The molecule has 1 N–H and O–H groups in total. The minimum Gasteiger partial charge on any atom is -0.370 e. The van der Waals surface area contributed by atoms with Crippen LogP contribution in [0, 0.1) is 13.8 Å². The molecule has 0 bridgehead atoms. The molecule has 1 aliphatic heterocycles. The van der Waals surface area contributed by atoms with E-state index in [9.17, 15) is 4.79 Å². The number of hydrogen-bond donors (Lipinski definition) is 1. The fourth-order valence-corrected chi connectivity index (χ4v) is 3.05. The molecule has 24 heavy (non-hydrogen) atoms. The summed E-state index contributed by atoms with van der Waals surface area (Å²) in [6.07, 6.45) is -0.0624. The summed E-state index contributed by atoms with van der Waals surface area (Å²) in [5.74, 6) is 0. The fourth-order valence-electron chi connectivity index (χ4n) is 3.05. The molecule has 1 aromatic carbocycles. The van der Waals surface area contributed by atoms with Gasteiger partial charge in [-0.25, -0.2) is 4.79 Å². The van der Waals surface area contributed by atoms with Gasteiger partial charge in [0.05, 0.1) is 18.8 Å². The van der Waals surface area contributed by atoms with Gasteiger partial charge in [0, 0.05) is 31.4 Å². The van der Waals surface area contributed by atoms with Gasteiger partial charge in [0.15, 0.2) is 0 Å². The molecule has 2 amide bonds. The number of morpholine rings is 1. The zero-order valence-electron chi connectivity index (χ0n) is 14.5. The molecule has 1 atom stereocenters. The van der Waals surface area contributed by atoms with Crippen molar-refractivity contribution < 1.29 is 9.53 Å². The van der Waals surface area contributed by atoms with Gasteiger partial charge in [-0.3, -0.25) is 4.68 Å². The van der Waals surface area contributed by atoms with Crippen molar-refractivity contribution in [1.29, 1.82) is 0 Å². The van der Waals surface area contributed by atoms with Crippen LogP contribution in [-0.2, 0) is 18.3 Å². The van der Waals surface area contributed by atoms with E-state index in [-0.39, 0.29) is 12.1 Å². The zero-order valence-corrected chi connectivity index (χ0v) is 14.5. The number of benzene rings is 1. The number of urea groups is 1. The van der Waals surface area contributed by atoms with E-state index in [4.69, 9.17) is 4.74 Å². The molecule has 2 heterocycles. The van der Waals surface area contributed by atoms with Crippen molar-refractivity contribution in [2.75, 3.05) is 19.7 Å². The molecule has 0 aliphatic carbocycles. The summed E-state index contributed by atoms with van der Waals surface area (Å²) in [5, 5.41) is 7.40. The Labute approximate surface area is 142 Å². The van der Waals surface area contributed by atoms with Gasteiger partial charge in [-0.2, -0.15) is 5.10 Å². The summed E-state index contributed by atoms with van der Waals surface area (Å²) in [4.78, 5) is 14.3. The maximum absolute atomic E-state index is 12.5. The van der Waals surface area contributed by atoms with Crippen molar-refractivity contribution in [2.45, 2.75) is 26.5 Å². The number of aryl methyl sites for hydroxylation is 2. The van der Waals surface area contributed by atoms with Crippen LogP contribution in [-0.4, -0.2) is 40.4 Å². The van der Waals surface area contributed by atoms with Crippen LogP contribution in [0.2, 0.25) is 0 Å². The number of carbonyl (C=O) groups is 1.